The molecule has 0 fully saturated rings. The number of pyridine rings is 1. The van der Waals surface area contributed by atoms with Gasteiger partial charge in [-0.25, -0.2) is 9.78 Å². The number of carbonyl (C=O) groups is 1. The van der Waals surface area contributed by atoms with Crippen LogP contribution in [0, 0.1) is 0 Å². The van der Waals surface area contributed by atoms with E-state index < -0.39 is 0 Å². The molecule has 0 unspecified atom stereocenters. The Morgan fingerprint density at radius 3 is 2.70 bits per heavy atom. The fourth-order valence-corrected chi connectivity index (χ4v) is 5.16. The Hall–Kier alpha value is -2.05. The largest absolute Gasteiger partial charge is 0.462 e. The fraction of sp³-hybridized carbons (Fsp3) is 0.333. The van der Waals surface area contributed by atoms with Gasteiger partial charge in [-0.1, -0.05) is 12.1 Å². The first-order chi connectivity index (χ1) is 13.1. The Balaban J connectivity index is 1.99. The summed E-state index contributed by atoms with van der Waals surface area (Å²) < 4.78 is 5.20. The smallest absolute Gasteiger partial charge is 0.350 e. The summed E-state index contributed by atoms with van der Waals surface area (Å²) in [6, 6.07) is 8.57. The second kappa shape index (κ2) is 7.52. The van der Waals surface area contributed by atoms with Gasteiger partial charge in [-0.2, -0.15) is 0 Å². The Morgan fingerprint density at radius 2 is 2.00 bits per heavy atom. The van der Waals surface area contributed by atoms with Gasteiger partial charge >= 0.3 is 5.97 Å². The average Bonchev–Trinajstić information content (AvgIpc) is 3.03. The molecule has 4 nitrogen and oxygen atoms in total. The summed E-state index contributed by atoms with van der Waals surface area (Å²) in [4.78, 5) is 19.8. The SMILES string of the molecule is CCOC(=O)c1sc2nc3c(c(-c4ccc(SC)cc4)c2c1N)CCCC3. The minimum absolute atomic E-state index is 0.333. The maximum atomic E-state index is 12.4. The predicted molar refractivity (Wildman–Crippen MR) is 114 cm³/mol. The molecule has 140 valence electrons. The number of rotatable bonds is 4. The summed E-state index contributed by atoms with van der Waals surface area (Å²) in [7, 11) is 0. The lowest BCUT2D eigenvalue weighted by Gasteiger charge is -2.20. The summed E-state index contributed by atoms with van der Waals surface area (Å²) in [6.45, 7) is 2.14. The molecule has 0 amide bonds. The van der Waals surface area contributed by atoms with Gasteiger partial charge in [-0.15, -0.1) is 23.1 Å². The van der Waals surface area contributed by atoms with Gasteiger partial charge in [0, 0.05) is 16.0 Å². The molecule has 1 aromatic carbocycles. The Kier molecular flexibility index (Phi) is 5.10. The third kappa shape index (κ3) is 3.21. The molecule has 3 aromatic rings. The van der Waals surface area contributed by atoms with Crippen molar-refractivity contribution in [2.45, 2.75) is 37.5 Å². The highest BCUT2D eigenvalue weighted by molar-refractivity contribution is 7.98. The van der Waals surface area contributed by atoms with Crippen LogP contribution in [0.15, 0.2) is 29.2 Å². The van der Waals surface area contributed by atoms with Crippen molar-refractivity contribution in [2.75, 3.05) is 18.6 Å². The molecule has 0 saturated heterocycles. The Bertz CT molecular complexity index is 1010. The van der Waals surface area contributed by atoms with Gasteiger partial charge in [-0.05, 0) is 67.7 Å². The topological polar surface area (TPSA) is 65.2 Å². The van der Waals surface area contributed by atoms with Crippen LogP contribution in [0.1, 0.15) is 40.7 Å². The molecular formula is C21H22N2O2S2. The van der Waals surface area contributed by atoms with Crippen LogP contribution in [0.5, 0.6) is 0 Å². The maximum Gasteiger partial charge on any atom is 0.350 e. The number of hydrogen-bond acceptors (Lipinski definition) is 6. The highest BCUT2D eigenvalue weighted by atomic mass is 32.2. The lowest BCUT2D eigenvalue weighted by Crippen LogP contribution is -2.08. The molecule has 0 radical (unpaired) electrons. The van der Waals surface area contributed by atoms with E-state index in [9.17, 15) is 4.79 Å². The number of thioether (sulfide) groups is 1. The monoisotopic (exact) mass is 398 g/mol. The number of aromatic nitrogens is 1. The third-order valence-electron chi connectivity index (χ3n) is 4.99. The molecule has 0 atom stereocenters. The first-order valence-electron chi connectivity index (χ1n) is 9.19. The van der Waals surface area contributed by atoms with E-state index in [1.807, 2.05) is 0 Å². The third-order valence-corrected chi connectivity index (χ3v) is 6.82. The Morgan fingerprint density at radius 1 is 1.26 bits per heavy atom. The predicted octanol–water partition coefficient (Wildman–Crippen LogP) is 5.32. The van der Waals surface area contributed by atoms with E-state index in [1.54, 1.807) is 18.7 Å². The van der Waals surface area contributed by atoms with Gasteiger partial charge in [0.2, 0.25) is 0 Å². The van der Waals surface area contributed by atoms with Gasteiger partial charge in [-0.3, -0.25) is 0 Å². The molecular weight excluding hydrogens is 376 g/mol. The standard InChI is InChI=1S/C21H22N2O2S2/c1-3-25-21(24)19-18(22)17-16(12-8-10-13(26-2)11-9-12)14-6-4-5-7-15(14)23-20(17)27-19/h8-11H,3-7,22H2,1-2H3. The van der Waals surface area contributed by atoms with Crippen LogP contribution < -0.4 is 5.73 Å². The number of ether oxygens (including phenoxy) is 1. The molecule has 6 heteroatoms. The molecule has 2 heterocycles. The lowest BCUT2D eigenvalue weighted by atomic mass is 9.87. The van der Waals surface area contributed by atoms with Crippen molar-refractivity contribution in [1.82, 2.24) is 4.98 Å². The maximum absolute atomic E-state index is 12.4. The van der Waals surface area contributed by atoms with E-state index in [0.717, 1.165) is 52.7 Å². The first-order valence-corrected chi connectivity index (χ1v) is 11.2. The molecule has 1 aliphatic carbocycles. The van der Waals surface area contributed by atoms with Crippen molar-refractivity contribution in [3.63, 3.8) is 0 Å². The van der Waals surface area contributed by atoms with Crippen molar-refractivity contribution in [2.24, 2.45) is 0 Å². The van der Waals surface area contributed by atoms with Crippen LogP contribution in [0.4, 0.5) is 5.69 Å². The second-order valence-corrected chi connectivity index (χ2v) is 8.47. The van der Waals surface area contributed by atoms with Gasteiger partial charge in [0.05, 0.1) is 12.3 Å². The molecule has 27 heavy (non-hydrogen) atoms. The zero-order valence-corrected chi connectivity index (χ0v) is 17.1. The number of esters is 1. The molecule has 0 spiro atoms. The van der Waals surface area contributed by atoms with Crippen LogP contribution in [-0.4, -0.2) is 23.8 Å². The molecule has 2 N–H and O–H groups in total. The number of nitrogen functional groups attached to an aromatic ring is 1. The van der Waals surface area contributed by atoms with Crippen LogP contribution >= 0.6 is 23.1 Å². The number of thiophene rings is 1. The number of anilines is 1. The zero-order valence-electron chi connectivity index (χ0n) is 15.5. The lowest BCUT2D eigenvalue weighted by molar-refractivity contribution is 0.0533. The molecule has 0 bridgehead atoms. The summed E-state index contributed by atoms with van der Waals surface area (Å²) >= 11 is 3.07. The van der Waals surface area contributed by atoms with Crippen molar-refractivity contribution in [1.29, 1.82) is 0 Å². The van der Waals surface area contributed by atoms with Crippen molar-refractivity contribution >= 4 is 45.0 Å². The Labute approximate surface area is 167 Å². The molecule has 1 aliphatic rings. The van der Waals surface area contributed by atoms with Gasteiger partial charge in [0.1, 0.15) is 9.71 Å². The van der Waals surface area contributed by atoms with Crippen molar-refractivity contribution in [3.05, 3.63) is 40.4 Å². The van der Waals surface area contributed by atoms with Crippen molar-refractivity contribution < 1.29 is 9.53 Å². The highest BCUT2D eigenvalue weighted by Gasteiger charge is 2.26. The first kappa shape index (κ1) is 18.3. The summed E-state index contributed by atoms with van der Waals surface area (Å²) in [6.07, 6.45) is 6.37. The number of carbonyl (C=O) groups excluding carboxylic acids is 1. The number of nitrogens with zero attached hydrogens (tertiary/aromatic N) is 1. The number of fused-ring (bicyclic) bond motifs is 2. The van der Waals surface area contributed by atoms with Crippen LogP contribution in [0.25, 0.3) is 21.3 Å². The molecule has 0 aliphatic heterocycles. The molecule has 2 aromatic heterocycles. The average molecular weight is 399 g/mol. The van der Waals surface area contributed by atoms with Crippen LogP contribution in [0.2, 0.25) is 0 Å². The summed E-state index contributed by atoms with van der Waals surface area (Å²) in [5.41, 5.74) is 11.7. The summed E-state index contributed by atoms with van der Waals surface area (Å²) in [5.74, 6) is -0.361. The van der Waals surface area contributed by atoms with E-state index >= 15 is 0 Å². The molecule has 4 rings (SSSR count). The van der Waals surface area contributed by atoms with Gasteiger partial charge in [0.15, 0.2) is 0 Å². The zero-order chi connectivity index (χ0) is 19.0. The highest BCUT2D eigenvalue weighted by Crippen LogP contribution is 2.44. The second-order valence-electron chi connectivity index (χ2n) is 6.59. The van der Waals surface area contributed by atoms with Gasteiger partial charge < -0.3 is 10.5 Å². The van der Waals surface area contributed by atoms with Crippen LogP contribution in [0.3, 0.4) is 0 Å². The normalized spacial score (nSPS) is 13.6. The quantitative estimate of drug-likeness (QED) is 0.476. The minimum Gasteiger partial charge on any atom is -0.462 e. The molecule has 0 saturated carbocycles. The van der Waals surface area contributed by atoms with Crippen molar-refractivity contribution in [3.8, 4) is 11.1 Å². The minimum atomic E-state index is -0.361. The van der Waals surface area contributed by atoms with E-state index in [2.05, 4.69) is 30.5 Å². The van der Waals surface area contributed by atoms with Crippen LogP contribution in [-0.2, 0) is 17.6 Å². The number of hydrogen-bond donors (Lipinski definition) is 1. The number of benzene rings is 1. The number of aryl methyl sites for hydroxylation is 1. The summed E-state index contributed by atoms with van der Waals surface area (Å²) in [5, 5.41) is 0.903. The van der Waals surface area contributed by atoms with E-state index in [1.165, 1.54) is 21.8 Å². The fourth-order valence-electron chi connectivity index (χ4n) is 3.73. The number of nitrogens with two attached hydrogens (primary N) is 1. The van der Waals surface area contributed by atoms with Gasteiger partial charge in [0.25, 0.3) is 0 Å². The van der Waals surface area contributed by atoms with E-state index in [4.69, 9.17) is 15.5 Å². The van der Waals surface area contributed by atoms with E-state index in [-0.39, 0.29) is 5.97 Å². The van der Waals surface area contributed by atoms with E-state index in [0.29, 0.717) is 17.2 Å².